The fourth-order valence-corrected chi connectivity index (χ4v) is 1.81. The Hall–Kier alpha value is -1.24. The molecular weight excluding hydrogens is 252 g/mol. The molecule has 1 aromatic heterocycles. The number of amides is 1. The summed E-state index contributed by atoms with van der Waals surface area (Å²) in [4.78, 5) is 15.6. The number of nitrogens with one attached hydrogen (secondary N) is 1. The van der Waals surface area contributed by atoms with Crippen LogP contribution in [0.2, 0.25) is 0 Å². The van der Waals surface area contributed by atoms with E-state index in [4.69, 9.17) is 9.84 Å². The molecule has 0 aliphatic carbocycles. The van der Waals surface area contributed by atoms with E-state index >= 15 is 0 Å². The van der Waals surface area contributed by atoms with E-state index in [0.29, 0.717) is 19.8 Å². The molecule has 1 heterocycles. The normalized spacial score (nSPS) is 11.0. The van der Waals surface area contributed by atoms with Gasteiger partial charge >= 0.3 is 0 Å². The highest BCUT2D eigenvalue weighted by Gasteiger charge is 1.97. The smallest absolute Gasteiger partial charge is 0.244 e. The SMILES string of the molecule is Cc1nc(/C=C/C(=O)NCCCOCCO)cs1. The van der Waals surface area contributed by atoms with Crippen molar-refractivity contribution in [3.8, 4) is 0 Å². The van der Waals surface area contributed by atoms with Gasteiger partial charge < -0.3 is 15.2 Å². The molecule has 6 heteroatoms. The van der Waals surface area contributed by atoms with Crippen LogP contribution in [0.15, 0.2) is 11.5 Å². The minimum atomic E-state index is -0.136. The number of aliphatic hydroxyl groups excluding tert-OH is 1. The van der Waals surface area contributed by atoms with Crippen LogP contribution in [-0.4, -0.2) is 42.4 Å². The summed E-state index contributed by atoms with van der Waals surface area (Å²) < 4.78 is 5.07. The van der Waals surface area contributed by atoms with Crippen LogP contribution in [0.4, 0.5) is 0 Å². The summed E-state index contributed by atoms with van der Waals surface area (Å²) in [5, 5.41) is 14.1. The molecule has 1 rings (SSSR count). The fraction of sp³-hybridized carbons (Fsp3) is 0.500. The van der Waals surface area contributed by atoms with Crippen LogP contribution >= 0.6 is 11.3 Å². The van der Waals surface area contributed by atoms with Crippen LogP contribution < -0.4 is 5.32 Å². The first-order valence-electron chi connectivity index (χ1n) is 5.79. The van der Waals surface area contributed by atoms with Crippen molar-refractivity contribution in [3.63, 3.8) is 0 Å². The number of thiazole rings is 1. The van der Waals surface area contributed by atoms with E-state index in [1.165, 1.54) is 6.08 Å². The van der Waals surface area contributed by atoms with Gasteiger partial charge in [-0.25, -0.2) is 4.98 Å². The molecule has 0 saturated heterocycles. The quantitative estimate of drug-likeness (QED) is 0.545. The minimum absolute atomic E-state index is 0.0299. The van der Waals surface area contributed by atoms with Gasteiger partial charge in [-0.2, -0.15) is 0 Å². The van der Waals surface area contributed by atoms with Gasteiger partial charge in [-0.3, -0.25) is 4.79 Å². The second-order valence-electron chi connectivity index (χ2n) is 3.61. The summed E-state index contributed by atoms with van der Waals surface area (Å²) in [6.45, 7) is 3.40. The second kappa shape index (κ2) is 8.79. The molecule has 0 atom stereocenters. The first kappa shape index (κ1) is 14.8. The summed E-state index contributed by atoms with van der Waals surface area (Å²) in [7, 11) is 0. The molecule has 0 fully saturated rings. The minimum Gasteiger partial charge on any atom is -0.394 e. The van der Waals surface area contributed by atoms with Gasteiger partial charge in [0.2, 0.25) is 5.91 Å². The van der Waals surface area contributed by atoms with Crippen LogP contribution in [0.5, 0.6) is 0 Å². The number of carbonyl (C=O) groups is 1. The molecule has 0 bridgehead atoms. The number of hydrogen-bond donors (Lipinski definition) is 2. The van der Waals surface area contributed by atoms with E-state index in [9.17, 15) is 4.79 Å². The van der Waals surface area contributed by atoms with Crippen LogP contribution in [0, 0.1) is 6.92 Å². The van der Waals surface area contributed by atoms with Gasteiger partial charge in [-0.05, 0) is 19.4 Å². The Labute approximate surface area is 111 Å². The third-order valence-corrected chi connectivity index (χ3v) is 2.83. The number of aromatic nitrogens is 1. The largest absolute Gasteiger partial charge is 0.394 e. The molecule has 0 aliphatic rings. The molecule has 0 aromatic carbocycles. The van der Waals surface area contributed by atoms with Crippen molar-refractivity contribution in [2.45, 2.75) is 13.3 Å². The van der Waals surface area contributed by atoms with Crippen molar-refractivity contribution >= 4 is 23.3 Å². The van der Waals surface area contributed by atoms with E-state index in [-0.39, 0.29) is 12.5 Å². The van der Waals surface area contributed by atoms with Crippen molar-refractivity contribution in [2.24, 2.45) is 0 Å². The molecule has 0 radical (unpaired) electrons. The van der Waals surface area contributed by atoms with Crippen molar-refractivity contribution in [2.75, 3.05) is 26.4 Å². The highest BCUT2D eigenvalue weighted by atomic mass is 32.1. The van der Waals surface area contributed by atoms with Crippen molar-refractivity contribution in [1.82, 2.24) is 10.3 Å². The molecule has 2 N–H and O–H groups in total. The Kier molecular flexibility index (Phi) is 7.24. The van der Waals surface area contributed by atoms with E-state index in [2.05, 4.69) is 10.3 Å². The topological polar surface area (TPSA) is 71.5 Å². The third kappa shape index (κ3) is 6.48. The number of rotatable bonds is 8. The Morgan fingerprint density at radius 1 is 1.61 bits per heavy atom. The molecule has 100 valence electrons. The zero-order valence-electron chi connectivity index (χ0n) is 10.4. The Morgan fingerprint density at radius 3 is 3.11 bits per heavy atom. The highest BCUT2D eigenvalue weighted by molar-refractivity contribution is 7.09. The van der Waals surface area contributed by atoms with Gasteiger partial charge in [-0.1, -0.05) is 0 Å². The molecule has 0 aliphatic heterocycles. The standard InChI is InChI=1S/C12H18N2O3S/c1-10-14-11(9-18-10)3-4-12(16)13-5-2-7-17-8-6-15/h3-4,9,15H,2,5-8H2,1H3,(H,13,16)/b4-3+. The maximum absolute atomic E-state index is 11.4. The molecule has 0 spiro atoms. The van der Waals surface area contributed by atoms with Crippen LogP contribution in [0.1, 0.15) is 17.1 Å². The Morgan fingerprint density at radius 2 is 2.44 bits per heavy atom. The summed E-state index contributed by atoms with van der Waals surface area (Å²) in [5.41, 5.74) is 0.805. The summed E-state index contributed by atoms with van der Waals surface area (Å²) >= 11 is 1.55. The summed E-state index contributed by atoms with van der Waals surface area (Å²) in [5.74, 6) is -0.136. The van der Waals surface area contributed by atoms with Crippen molar-refractivity contribution in [1.29, 1.82) is 0 Å². The van der Waals surface area contributed by atoms with Gasteiger partial charge in [0, 0.05) is 24.6 Å². The molecular formula is C12H18N2O3S. The summed E-state index contributed by atoms with van der Waals surface area (Å²) in [6, 6.07) is 0. The molecule has 0 unspecified atom stereocenters. The van der Waals surface area contributed by atoms with E-state index in [0.717, 1.165) is 17.1 Å². The first-order chi connectivity index (χ1) is 8.72. The van der Waals surface area contributed by atoms with Crippen molar-refractivity contribution < 1.29 is 14.6 Å². The average molecular weight is 270 g/mol. The van der Waals surface area contributed by atoms with Gasteiger partial charge in [0.15, 0.2) is 0 Å². The zero-order valence-corrected chi connectivity index (χ0v) is 11.2. The predicted octanol–water partition coefficient (Wildman–Crippen LogP) is 0.980. The van der Waals surface area contributed by atoms with Gasteiger partial charge in [-0.15, -0.1) is 11.3 Å². The number of aryl methyl sites for hydroxylation is 1. The van der Waals surface area contributed by atoms with Gasteiger partial charge in [0.25, 0.3) is 0 Å². The van der Waals surface area contributed by atoms with Crippen LogP contribution in [0.25, 0.3) is 6.08 Å². The number of aliphatic hydroxyl groups is 1. The fourth-order valence-electron chi connectivity index (χ4n) is 1.23. The molecule has 1 aromatic rings. The highest BCUT2D eigenvalue weighted by Crippen LogP contribution is 2.08. The molecule has 5 nitrogen and oxygen atoms in total. The first-order valence-corrected chi connectivity index (χ1v) is 6.67. The molecule has 1 amide bonds. The zero-order chi connectivity index (χ0) is 13.2. The lowest BCUT2D eigenvalue weighted by molar-refractivity contribution is -0.116. The second-order valence-corrected chi connectivity index (χ2v) is 4.67. The third-order valence-electron chi connectivity index (χ3n) is 2.04. The lowest BCUT2D eigenvalue weighted by Crippen LogP contribution is -2.23. The lowest BCUT2D eigenvalue weighted by Gasteiger charge is -2.02. The average Bonchev–Trinajstić information content (AvgIpc) is 2.77. The Bertz CT molecular complexity index is 390. The maximum atomic E-state index is 11.4. The Balaban J connectivity index is 2.12. The molecule has 0 saturated carbocycles. The number of nitrogens with zero attached hydrogens (tertiary/aromatic N) is 1. The maximum Gasteiger partial charge on any atom is 0.244 e. The van der Waals surface area contributed by atoms with Crippen LogP contribution in [0.3, 0.4) is 0 Å². The summed E-state index contributed by atoms with van der Waals surface area (Å²) in [6.07, 6.45) is 3.90. The monoisotopic (exact) mass is 270 g/mol. The van der Waals surface area contributed by atoms with Gasteiger partial charge in [0.1, 0.15) is 0 Å². The predicted molar refractivity (Wildman–Crippen MR) is 71.4 cm³/mol. The van der Waals surface area contributed by atoms with Crippen LogP contribution in [-0.2, 0) is 9.53 Å². The molecule has 18 heavy (non-hydrogen) atoms. The number of hydrogen-bond acceptors (Lipinski definition) is 5. The number of carbonyl (C=O) groups excluding carboxylic acids is 1. The number of ether oxygens (including phenoxy) is 1. The van der Waals surface area contributed by atoms with E-state index in [1.807, 2.05) is 12.3 Å². The van der Waals surface area contributed by atoms with E-state index in [1.54, 1.807) is 17.4 Å². The van der Waals surface area contributed by atoms with Gasteiger partial charge in [0.05, 0.1) is 23.9 Å². The van der Waals surface area contributed by atoms with Crippen molar-refractivity contribution in [3.05, 3.63) is 22.2 Å². The lowest BCUT2D eigenvalue weighted by atomic mass is 10.4. The van der Waals surface area contributed by atoms with E-state index < -0.39 is 0 Å².